The first-order chi connectivity index (χ1) is 14.4. The number of aliphatic hydroxyl groups excluding tert-OH is 2. The van der Waals surface area contributed by atoms with Crippen LogP contribution < -0.4 is 0 Å². The maximum atomic E-state index is 10.3. The molecule has 0 aliphatic heterocycles. The maximum absolute atomic E-state index is 10.3. The predicted molar refractivity (Wildman–Crippen MR) is 128 cm³/mol. The van der Waals surface area contributed by atoms with Gasteiger partial charge in [-0.25, -0.2) is 0 Å². The second kappa shape index (κ2) is 9.37. The fourth-order valence-electron chi connectivity index (χ4n) is 6.32. The minimum Gasteiger partial charge on any atom is -0.393 e. The van der Waals surface area contributed by atoms with Gasteiger partial charge in [-0.3, -0.25) is 0 Å². The molecule has 0 heterocycles. The molecule has 7 atom stereocenters. The van der Waals surface area contributed by atoms with Crippen molar-refractivity contribution in [1.82, 2.24) is 0 Å². The van der Waals surface area contributed by atoms with Crippen molar-refractivity contribution in [2.75, 3.05) is 0 Å². The van der Waals surface area contributed by atoms with Crippen LogP contribution in [0.4, 0.5) is 0 Å². The highest BCUT2D eigenvalue weighted by molar-refractivity contribution is 5.38. The van der Waals surface area contributed by atoms with Crippen LogP contribution in [0.2, 0.25) is 0 Å². The SMILES string of the molecule is C=C1/C(=C/C=C2\CCC[C@@]3(C)C2CCC3[C@H](C)/C=C/[C@H](C)C(C)(C)O)C[C@@H](O)C[C@@H]1O. The Labute approximate surface area is 189 Å². The molecule has 174 valence electrons. The van der Waals surface area contributed by atoms with E-state index < -0.39 is 17.8 Å². The molecule has 2 unspecified atom stereocenters. The van der Waals surface area contributed by atoms with Crippen molar-refractivity contribution in [3.63, 3.8) is 0 Å². The van der Waals surface area contributed by atoms with E-state index in [4.69, 9.17) is 0 Å². The molecular formula is C28H44O3. The van der Waals surface area contributed by atoms with Gasteiger partial charge in [0.15, 0.2) is 0 Å². The average Bonchev–Trinajstić information content (AvgIpc) is 3.04. The number of hydrogen-bond acceptors (Lipinski definition) is 3. The van der Waals surface area contributed by atoms with Gasteiger partial charge in [0.1, 0.15) is 0 Å². The molecule has 3 fully saturated rings. The maximum Gasteiger partial charge on any atom is 0.0811 e. The second-order valence-electron chi connectivity index (χ2n) is 11.4. The lowest BCUT2D eigenvalue weighted by Gasteiger charge is -2.44. The summed E-state index contributed by atoms with van der Waals surface area (Å²) in [6.07, 6.45) is 15.0. The van der Waals surface area contributed by atoms with Gasteiger partial charge in [-0.15, -0.1) is 0 Å². The summed E-state index contributed by atoms with van der Waals surface area (Å²) in [6.45, 7) is 14.7. The molecular weight excluding hydrogens is 384 g/mol. The monoisotopic (exact) mass is 428 g/mol. The van der Waals surface area contributed by atoms with Crippen molar-refractivity contribution < 1.29 is 15.3 Å². The van der Waals surface area contributed by atoms with Crippen LogP contribution >= 0.6 is 0 Å². The van der Waals surface area contributed by atoms with Gasteiger partial charge < -0.3 is 15.3 Å². The zero-order valence-corrected chi connectivity index (χ0v) is 20.3. The lowest BCUT2D eigenvalue weighted by molar-refractivity contribution is 0.0436. The van der Waals surface area contributed by atoms with Crippen LogP contribution in [0.1, 0.15) is 79.6 Å². The fraction of sp³-hybridized carbons (Fsp3) is 0.714. The fourth-order valence-corrected chi connectivity index (χ4v) is 6.32. The summed E-state index contributed by atoms with van der Waals surface area (Å²) in [5.41, 5.74) is 2.93. The zero-order chi connectivity index (χ0) is 23.0. The predicted octanol–water partition coefficient (Wildman–Crippen LogP) is 5.73. The van der Waals surface area contributed by atoms with Crippen LogP contribution in [-0.4, -0.2) is 33.1 Å². The normalized spacial score (nSPS) is 39.3. The number of hydrogen-bond donors (Lipinski definition) is 3. The number of aliphatic hydroxyl groups is 3. The van der Waals surface area contributed by atoms with E-state index in [0.29, 0.717) is 36.0 Å². The lowest BCUT2D eigenvalue weighted by Crippen LogP contribution is -2.35. The molecule has 0 bridgehead atoms. The Kier molecular flexibility index (Phi) is 7.40. The molecule has 0 radical (unpaired) electrons. The van der Waals surface area contributed by atoms with Gasteiger partial charge in [0, 0.05) is 12.3 Å². The van der Waals surface area contributed by atoms with Crippen LogP contribution in [0, 0.1) is 29.1 Å². The van der Waals surface area contributed by atoms with E-state index in [1.54, 1.807) is 0 Å². The van der Waals surface area contributed by atoms with E-state index in [1.807, 2.05) is 13.8 Å². The molecule has 3 N–H and O–H groups in total. The van der Waals surface area contributed by atoms with E-state index in [-0.39, 0.29) is 5.92 Å². The Morgan fingerprint density at radius 1 is 1.13 bits per heavy atom. The number of fused-ring (bicyclic) bond motifs is 1. The molecule has 0 saturated heterocycles. The number of allylic oxidation sites excluding steroid dienone is 4. The van der Waals surface area contributed by atoms with Gasteiger partial charge in [-0.1, -0.05) is 57.2 Å². The smallest absolute Gasteiger partial charge is 0.0811 e. The molecule has 0 aromatic heterocycles. The Balaban J connectivity index is 1.76. The molecule has 3 rings (SSSR count). The second-order valence-corrected chi connectivity index (χ2v) is 11.4. The Hall–Kier alpha value is -1.16. The molecule has 0 aromatic rings. The molecule has 3 nitrogen and oxygen atoms in total. The first-order valence-corrected chi connectivity index (χ1v) is 12.3. The van der Waals surface area contributed by atoms with Gasteiger partial charge >= 0.3 is 0 Å². The van der Waals surface area contributed by atoms with Gasteiger partial charge in [0.2, 0.25) is 0 Å². The molecule has 3 saturated carbocycles. The Morgan fingerprint density at radius 3 is 2.52 bits per heavy atom. The van der Waals surface area contributed by atoms with Crippen molar-refractivity contribution in [1.29, 1.82) is 0 Å². The summed E-state index contributed by atoms with van der Waals surface area (Å²) >= 11 is 0. The summed E-state index contributed by atoms with van der Waals surface area (Å²) in [5, 5.41) is 30.4. The van der Waals surface area contributed by atoms with E-state index >= 15 is 0 Å². The average molecular weight is 429 g/mol. The topological polar surface area (TPSA) is 60.7 Å². The molecule has 3 aliphatic carbocycles. The molecule has 31 heavy (non-hydrogen) atoms. The quantitative estimate of drug-likeness (QED) is 0.490. The summed E-state index contributed by atoms with van der Waals surface area (Å²) in [6, 6.07) is 0. The third-order valence-electron chi connectivity index (χ3n) is 8.75. The zero-order valence-electron chi connectivity index (χ0n) is 20.3. The van der Waals surface area contributed by atoms with E-state index in [2.05, 4.69) is 51.7 Å². The molecule has 0 aromatic carbocycles. The highest BCUT2D eigenvalue weighted by atomic mass is 16.3. The summed E-state index contributed by atoms with van der Waals surface area (Å²) < 4.78 is 0. The van der Waals surface area contributed by atoms with E-state index in [0.717, 1.165) is 17.6 Å². The van der Waals surface area contributed by atoms with E-state index in [9.17, 15) is 15.3 Å². The van der Waals surface area contributed by atoms with Crippen LogP contribution in [0.3, 0.4) is 0 Å². The first kappa shape index (κ1) is 24.5. The summed E-state index contributed by atoms with van der Waals surface area (Å²) in [7, 11) is 0. The van der Waals surface area contributed by atoms with Gasteiger partial charge in [0.25, 0.3) is 0 Å². The highest BCUT2D eigenvalue weighted by Crippen LogP contribution is 2.59. The van der Waals surface area contributed by atoms with Gasteiger partial charge in [-0.05, 0) is 86.7 Å². The van der Waals surface area contributed by atoms with Crippen molar-refractivity contribution in [2.24, 2.45) is 29.1 Å². The van der Waals surface area contributed by atoms with Crippen molar-refractivity contribution in [3.05, 3.63) is 47.6 Å². The summed E-state index contributed by atoms with van der Waals surface area (Å²) in [4.78, 5) is 0. The molecule has 0 amide bonds. The highest BCUT2D eigenvalue weighted by Gasteiger charge is 2.50. The summed E-state index contributed by atoms with van der Waals surface area (Å²) in [5.74, 6) is 1.91. The van der Waals surface area contributed by atoms with Crippen molar-refractivity contribution >= 4 is 0 Å². The van der Waals surface area contributed by atoms with Gasteiger partial charge in [-0.2, -0.15) is 0 Å². The minimum absolute atomic E-state index is 0.141. The Morgan fingerprint density at radius 2 is 1.84 bits per heavy atom. The Bertz CT molecular complexity index is 753. The van der Waals surface area contributed by atoms with Crippen LogP contribution in [0.5, 0.6) is 0 Å². The van der Waals surface area contributed by atoms with Crippen molar-refractivity contribution in [3.8, 4) is 0 Å². The van der Waals surface area contributed by atoms with Crippen LogP contribution in [0.25, 0.3) is 0 Å². The third kappa shape index (κ3) is 5.26. The van der Waals surface area contributed by atoms with E-state index in [1.165, 1.54) is 31.3 Å². The first-order valence-electron chi connectivity index (χ1n) is 12.3. The number of rotatable bonds is 5. The van der Waals surface area contributed by atoms with Gasteiger partial charge in [0.05, 0.1) is 17.8 Å². The largest absolute Gasteiger partial charge is 0.393 e. The van der Waals surface area contributed by atoms with Crippen LogP contribution in [0.15, 0.2) is 47.6 Å². The molecule has 3 aliphatic rings. The van der Waals surface area contributed by atoms with Crippen LogP contribution in [-0.2, 0) is 0 Å². The molecule has 3 heteroatoms. The lowest BCUT2D eigenvalue weighted by atomic mass is 9.61. The standard InChI is InChI=1S/C28H44O3/c1-18(9-10-19(2)27(4,5)31)24-13-14-25-21(8-7-15-28(24,25)6)11-12-22-16-23(29)17-26(30)20(22)3/h9-12,18-19,23-26,29-31H,3,7-8,13-17H2,1-2,4-6H3/b10-9+,21-11+,22-12+/t18-,19+,23-,24?,25?,26+,28-/m1/s1. The van der Waals surface area contributed by atoms with Crippen molar-refractivity contribution in [2.45, 2.75) is 97.4 Å². The third-order valence-corrected chi connectivity index (χ3v) is 8.75. The molecule has 0 spiro atoms. The minimum atomic E-state index is -0.684.